The monoisotopic (exact) mass is 244 g/mol. The Morgan fingerprint density at radius 3 is 2.56 bits per heavy atom. The summed E-state index contributed by atoms with van der Waals surface area (Å²) in [4.78, 5) is 8.07. The molecule has 6 nitrogen and oxygen atoms in total. The molecule has 0 unspecified atom stereocenters. The van der Waals surface area contributed by atoms with E-state index in [-0.39, 0.29) is 11.5 Å². The molecule has 0 spiro atoms. The van der Waals surface area contributed by atoms with Crippen LogP contribution in [0.4, 0.5) is 5.95 Å². The second-order valence-electron chi connectivity index (χ2n) is 3.57. The van der Waals surface area contributed by atoms with Crippen LogP contribution in [0.2, 0.25) is 0 Å². The molecule has 1 heterocycles. The predicted octanol–water partition coefficient (Wildman–Crippen LogP) is 1.36. The summed E-state index contributed by atoms with van der Waals surface area (Å²) in [6, 6.07) is 6.17. The number of hydrogen-bond acceptors (Lipinski definition) is 6. The van der Waals surface area contributed by atoms with E-state index in [0.717, 1.165) is 0 Å². The van der Waals surface area contributed by atoms with Crippen molar-refractivity contribution in [3.63, 3.8) is 0 Å². The van der Waals surface area contributed by atoms with Crippen molar-refractivity contribution in [2.45, 2.75) is 0 Å². The van der Waals surface area contributed by atoms with Crippen LogP contribution >= 0.6 is 0 Å². The largest absolute Gasteiger partial charge is 0.504 e. The van der Waals surface area contributed by atoms with Gasteiger partial charge in [0.15, 0.2) is 11.5 Å². The zero-order valence-corrected chi connectivity index (χ0v) is 9.72. The third-order valence-corrected chi connectivity index (χ3v) is 2.22. The van der Waals surface area contributed by atoms with Gasteiger partial charge in [0, 0.05) is 19.4 Å². The molecule has 0 aliphatic rings. The summed E-state index contributed by atoms with van der Waals surface area (Å²) in [7, 11) is 1.71. The van der Waals surface area contributed by atoms with Gasteiger partial charge in [-0.3, -0.25) is 0 Å². The van der Waals surface area contributed by atoms with Crippen LogP contribution in [-0.4, -0.2) is 33.4 Å². The fourth-order valence-corrected chi connectivity index (χ4v) is 1.28. The van der Waals surface area contributed by atoms with E-state index in [1.807, 2.05) is 0 Å². The number of aromatic nitrogens is 2. The van der Waals surface area contributed by atoms with E-state index in [4.69, 9.17) is 0 Å². The Balaban J connectivity index is 2.13. The lowest BCUT2D eigenvalue weighted by Gasteiger charge is -2.09. The second kappa shape index (κ2) is 5.13. The first-order valence-corrected chi connectivity index (χ1v) is 5.23. The molecule has 2 rings (SSSR count). The molecule has 0 aliphatic carbocycles. The Labute approximate surface area is 104 Å². The van der Waals surface area contributed by atoms with Crippen molar-refractivity contribution in [2.24, 2.45) is 5.10 Å². The number of hydrazone groups is 1. The third-order valence-electron chi connectivity index (χ3n) is 2.22. The third kappa shape index (κ3) is 2.73. The molecule has 0 bridgehead atoms. The Kier molecular flexibility index (Phi) is 3.38. The summed E-state index contributed by atoms with van der Waals surface area (Å²) in [6.45, 7) is 0. The highest BCUT2D eigenvalue weighted by Crippen LogP contribution is 2.24. The minimum atomic E-state index is -0.183. The highest BCUT2D eigenvalue weighted by molar-refractivity contribution is 5.81. The molecular formula is C12H12N4O2. The molecular weight excluding hydrogens is 232 g/mol. The first-order valence-electron chi connectivity index (χ1n) is 5.23. The molecule has 6 heteroatoms. The lowest BCUT2D eigenvalue weighted by atomic mass is 10.2. The number of benzene rings is 1. The molecule has 0 radical (unpaired) electrons. The first-order chi connectivity index (χ1) is 8.66. The standard InChI is InChI=1S/C12H12N4O2/c1-16(12-13-5-2-6-14-12)15-8-9-3-4-10(17)11(18)7-9/h2-8,17-18H,1H3/b15-8+. The van der Waals surface area contributed by atoms with E-state index < -0.39 is 0 Å². The van der Waals surface area contributed by atoms with Gasteiger partial charge in [-0.05, 0) is 29.8 Å². The lowest BCUT2D eigenvalue weighted by Crippen LogP contribution is -2.12. The second-order valence-corrected chi connectivity index (χ2v) is 3.57. The van der Waals surface area contributed by atoms with Gasteiger partial charge in [0.1, 0.15) is 0 Å². The Bertz CT molecular complexity index is 557. The van der Waals surface area contributed by atoms with Gasteiger partial charge in [0.05, 0.1) is 6.21 Å². The maximum Gasteiger partial charge on any atom is 0.245 e. The molecule has 0 saturated heterocycles. The van der Waals surface area contributed by atoms with Crippen LogP contribution in [-0.2, 0) is 0 Å². The molecule has 0 amide bonds. The van der Waals surface area contributed by atoms with Gasteiger partial charge in [-0.2, -0.15) is 5.10 Å². The van der Waals surface area contributed by atoms with Gasteiger partial charge in [-0.15, -0.1) is 0 Å². The fourth-order valence-electron chi connectivity index (χ4n) is 1.28. The van der Waals surface area contributed by atoms with Crippen LogP contribution in [0.15, 0.2) is 41.8 Å². The van der Waals surface area contributed by atoms with Crippen LogP contribution in [0, 0.1) is 0 Å². The molecule has 2 N–H and O–H groups in total. The van der Waals surface area contributed by atoms with Crippen molar-refractivity contribution in [2.75, 3.05) is 12.1 Å². The molecule has 0 fully saturated rings. The van der Waals surface area contributed by atoms with Crippen LogP contribution < -0.4 is 5.01 Å². The van der Waals surface area contributed by atoms with E-state index in [1.165, 1.54) is 23.4 Å². The summed E-state index contributed by atoms with van der Waals surface area (Å²) in [5.41, 5.74) is 0.660. The zero-order chi connectivity index (χ0) is 13.0. The Morgan fingerprint density at radius 2 is 1.89 bits per heavy atom. The van der Waals surface area contributed by atoms with Gasteiger partial charge in [0.2, 0.25) is 5.95 Å². The van der Waals surface area contributed by atoms with Crippen molar-refractivity contribution in [3.8, 4) is 11.5 Å². The van der Waals surface area contributed by atoms with E-state index in [1.54, 1.807) is 31.6 Å². The number of phenolic OH excluding ortho intramolecular Hbond substituents is 2. The highest BCUT2D eigenvalue weighted by atomic mass is 16.3. The molecule has 1 aromatic carbocycles. The number of anilines is 1. The van der Waals surface area contributed by atoms with E-state index >= 15 is 0 Å². The number of phenols is 2. The number of rotatable bonds is 3. The molecule has 0 saturated carbocycles. The topological polar surface area (TPSA) is 81.8 Å². The summed E-state index contributed by atoms with van der Waals surface area (Å²) in [5, 5.41) is 24.1. The van der Waals surface area contributed by atoms with Gasteiger partial charge < -0.3 is 10.2 Å². The van der Waals surface area contributed by atoms with E-state index in [2.05, 4.69) is 15.1 Å². The van der Waals surface area contributed by atoms with Crippen molar-refractivity contribution in [1.82, 2.24) is 9.97 Å². The molecule has 0 aliphatic heterocycles. The average Bonchev–Trinajstić information content (AvgIpc) is 2.41. The van der Waals surface area contributed by atoms with Gasteiger partial charge in [-0.1, -0.05) is 0 Å². The zero-order valence-electron chi connectivity index (χ0n) is 9.72. The summed E-state index contributed by atoms with van der Waals surface area (Å²) in [6.07, 6.45) is 4.79. The predicted molar refractivity (Wildman–Crippen MR) is 67.8 cm³/mol. The van der Waals surface area contributed by atoms with Crippen LogP contribution in [0.1, 0.15) is 5.56 Å². The minimum Gasteiger partial charge on any atom is -0.504 e. The quantitative estimate of drug-likeness (QED) is 0.484. The maximum atomic E-state index is 9.33. The van der Waals surface area contributed by atoms with Gasteiger partial charge in [-0.25, -0.2) is 15.0 Å². The fraction of sp³-hybridized carbons (Fsp3) is 0.0833. The first kappa shape index (κ1) is 11.8. The highest BCUT2D eigenvalue weighted by Gasteiger charge is 2.01. The van der Waals surface area contributed by atoms with Crippen LogP contribution in [0.3, 0.4) is 0 Å². The summed E-state index contributed by atoms with van der Waals surface area (Å²) >= 11 is 0. The summed E-state index contributed by atoms with van der Waals surface area (Å²) < 4.78 is 0. The van der Waals surface area contributed by atoms with Gasteiger partial charge in [0.25, 0.3) is 0 Å². The van der Waals surface area contributed by atoms with E-state index in [9.17, 15) is 10.2 Å². The Morgan fingerprint density at radius 1 is 1.17 bits per heavy atom. The van der Waals surface area contributed by atoms with Crippen molar-refractivity contribution >= 4 is 12.2 Å². The van der Waals surface area contributed by atoms with Crippen LogP contribution in [0.25, 0.3) is 0 Å². The molecule has 0 atom stereocenters. The SMILES string of the molecule is CN(/N=C/c1ccc(O)c(O)c1)c1ncccn1. The van der Waals surface area contributed by atoms with Crippen molar-refractivity contribution in [1.29, 1.82) is 0 Å². The Hall–Kier alpha value is -2.63. The van der Waals surface area contributed by atoms with Crippen molar-refractivity contribution in [3.05, 3.63) is 42.2 Å². The molecule has 2 aromatic rings. The lowest BCUT2D eigenvalue weighted by molar-refractivity contribution is 0.403. The molecule has 1 aromatic heterocycles. The van der Waals surface area contributed by atoms with E-state index in [0.29, 0.717) is 11.5 Å². The molecule has 92 valence electrons. The summed E-state index contributed by atoms with van der Waals surface area (Å²) in [5.74, 6) is 0.126. The van der Waals surface area contributed by atoms with Gasteiger partial charge >= 0.3 is 0 Å². The maximum absolute atomic E-state index is 9.33. The minimum absolute atomic E-state index is 0.160. The average molecular weight is 244 g/mol. The van der Waals surface area contributed by atoms with Crippen LogP contribution in [0.5, 0.6) is 11.5 Å². The van der Waals surface area contributed by atoms with Crippen molar-refractivity contribution < 1.29 is 10.2 Å². The number of nitrogens with zero attached hydrogens (tertiary/aromatic N) is 4. The number of aromatic hydroxyl groups is 2. The normalized spacial score (nSPS) is 10.7. The number of hydrogen-bond donors (Lipinski definition) is 2. The smallest absolute Gasteiger partial charge is 0.245 e. The molecule has 18 heavy (non-hydrogen) atoms.